The molecule has 0 atom stereocenters. The summed E-state index contributed by atoms with van der Waals surface area (Å²) in [4.78, 5) is 44.0. The van der Waals surface area contributed by atoms with E-state index in [-0.39, 0.29) is 22.6 Å². The van der Waals surface area contributed by atoms with Crippen LogP contribution < -0.4 is 30.3 Å². The van der Waals surface area contributed by atoms with Gasteiger partial charge in [0.2, 0.25) is 23.0 Å². The molecule has 0 aliphatic carbocycles. The lowest BCUT2D eigenvalue weighted by Crippen LogP contribution is -2.45. The third kappa shape index (κ3) is 12.3. The number of nitrogens with zero attached hydrogens (tertiary/aromatic N) is 5. The minimum Gasteiger partial charge on any atom is -0.495 e. The molecule has 316 valence electrons. The van der Waals surface area contributed by atoms with E-state index in [1.54, 1.807) is 45.1 Å². The number of carbonyl (C=O) groups excluding carboxylic acids is 2. The van der Waals surface area contributed by atoms with Crippen LogP contribution in [0.15, 0.2) is 146 Å². The molecule has 2 aliphatic rings. The number of halogens is 1. The van der Waals surface area contributed by atoms with Crippen LogP contribution in [0.5, 0.6) is 11.5 Å². The average Bonchev–Trinajstić information content (AvgIpc) is 3.31. The van der Waals surface area contributed by atoms with Crippen molar-refractivity contribution in [1.82, 2.24) is 25.3 Å². The summed E-state index contributed by atoms with van der Waals surface area (Å²) in [7, 11) is 3.22. The van der Waals surface area contributed by atoms with E-state index in [0.717, 1.165) is 63.5 Å². The predicted octanol–water partition coefficient (Wildman–Crippen LogP) is 8.53. The Bertz CT molecular complexity index is 2240. The molecule has 2 aliphatic heterocycles. The molecule has 0 bridgehead atoms. The lowest BCUT2D eigenvalue weighted by atomic mass is 9.70. The molecule has 2 aromatic heterocycles. The number of anilines is 3. The van der Waals surface area contributed by atoms with E-state index in [9.17, 15) is 9.59 Å². The fourth-order valence-corrected chi connectivity index (χ4v) is 8.11. The van der Waals surface area contributed by atoms with Crippen LogP contribution in [0.4, 0.5) is 17.3 Å². The number of para-hydroxylation sites is 4. The van der Waals surface area contributed by atoms with Gasteiger partial charge in [-0.1, -0.05) is 84.9 Å². The number of nitrogens with one attached hydrogen (secondary N) is 3. The molecule has 3 N–H and O–H groups in total. The largest absolute Gasteiger partial charge is 0.495 e. The number of piperidine rings is 2. The molecule has 61 heavy (non-hydrogen) atoms. The van der Waals surface area contributed by atoms with Crippen LogP contribution in [0.3, 0.4) is 0 Å². The Labute approximate surface area is 363 Å². The molecule has 8 rings (SSSR count). The zero-order valence-corrected chi connectivity index (χ0v) is 35.4. The maximum Gasteiger partial charge on any atom is 0.225 e. The van der Waals surface area contributed by atoms with Gasteiger partial charge in [-0.05, 0) is 97.9 Å². The topological polar surface area (TPSA) is 143 Å². The van der Waals surface area contributed by atoms with Crippen molar-refractivity contribution in [3.63, 3.8) is 0 Å². The standard InChI is InChI=1S/C24H26N4O2.C20H24N2O2.C4H3ClN2/c1-30-21-11-6-5-10-20(21)27-22(29)18-24(19-8-3-2-4-9-19)12-16-28(17-13-24)23-25-14-7-15-26-23;1-24-18-10-6-5-9-17(18)22-19(23)15-20(11-13-21-14-12-20)16-7-3-2-4-8-16;5-4-6-2-1-3-7-4/h2-11,14-15H,12-13,16-18H2,1H3,(H,27,29);2-10,21H,11-15H2,1H3,(H,22,23);1-3H. The normalized spacial score (nSPS) is 15.0. The number of hydrogen-bond acceptors (Lipinski definition) is 10. The molecule has 2 fully saturated rings. The van der Waals surface area contributed by atoms with Gasteiger partial charge in [-0.15, -0.1) is 0 Å². The van der Waals surface area contributed by atoms with Crippen molar-refractivity contribution in [2.45, 2.75) is 49.4 Å². The molecule has 0 saturated carbocycles. The SMILES string of the molecule is COc1ccccc1NC(=O)CC1(c2ccccc2)CCN(c2ncccn2)CC1.COc1ccccc1NC(=O)CC1(c2ccccc2)CCNCC1.Clc1ncccn1. The molecule has 12 nitrogen and oxygen atoms in total. The highest BCUT2D eigenvalue weighted by molar-refractivity contribution is 6.28. The third-order valence-corrected chi connectivity index (χ3v) is 11.4. The van der Waals surface area contributed by atoms with Crippen LogP contribution in [0.1, 0.15) is 49.7 Å². The van der Waals surface area contributed by atoms with Crippen molar-refractivity contribution in [2.24, 2.45) is 0 Å². The lowest BCUT2D eigenvalue weighted by molar-refractivity contribution is -0.118. The Morgan fingerprint density at radius 1 is 0.590 bits per heavy atom. The summed E-state index contributed by atoms with van der Waals surface area (Å²) >= 11 is 5.32. The number of benzene rings is 4. The molecular weight excluding hydrogens is 788 g/mol. The van der Waals surface area contributed by atoms with Crippen molar-refractivity contribution in [1.29, 1.82) is 0 Å². The Morgan fingerprint density at radius 3 is 1.43 bits per heavy atom. The number of hydrogen-bond donors (Lipinski definition) is 3. The second-order valence-corrected chi connectivity index (χ2v) is 15.3. The number of amides is 2. The molecule has 4 heterocycles. The summed E-state index contributed by atoms with van der Waals surface area (Å²) in [6, 6.07) is 39.3. The fourth-order valence-electron chi connectivity index (χ4n) is 7.99. The first-order chi connectivity index (χ1) is 29.8. The number of ether oxygens (including phenoxy) is 2. The number of carbonyl (C=O) groups is 2. The highest BCUT2D eigenvalue weighted by atomic mass is 35.5. The highest BCUT2D eigenvalue weighted by Gasteiger charge is 2.39. The van der Waals surface area contributed by atoms with Gasteiger partial charge in [-0.3, -0.25) is 9.59 Å². The van der Waals surface area contributed by atoms with Crippen LogP contribution >= 0.6 is 11.6 Å². The second-order valence-electron chi connectivity index (χ2n) is 14.9. The molecule has 4 aromatic carbocycles. The Kier molecular flexibility index (Phi) is 16.1. The zero-order valence-electron chi connectivity index (χ0n) is 34.7. The van der Waals surface area contributed by atoms with Gasteiger partial charge in [-0.2, -0.15) is 0 Å². The summed E-state index contributed by atoms with van der Waals surface area (Å²) in [5.74, 6) is 2.12. The van der Waals surface area contributed by atoms with E-state index < -0.39 is 0 Å². The molecule has 2 amide bonds. The Hall–Kier alpha value is -6.37. The lowest BCUT2D eigenvalue weighted by Gasteiger charge is -2.42. The molecule has 6 aromatic rings. The monoisotopic (exact) mass is 840 g/mol. The molecule has 0 unspecified atom stereocenters. The van der Waals surface area contributed by atoms with Gasteiger partial charge in [0, 0.05) is 61.5 Å². The summed E-state index contributed by atoms with van der Waals surface area (Å²) in [6.07, 6.45) is 11.3. The van der Waals surface area contributed by atoms with Crippen molar-refractivity contribution in [3.05, 3.63) is 163 Å². The van der Waals surface area contributed by atoms with E-state index in [1.807, 2.05) is 78.9 Å². The minimum atomic E-state index is -0.224. The first kappa shape index (κ1) is 44.2. The maximum atomic E-state index is 13.1. The van der Waals surface area contributed by atoms with E-state index in [4.69, 9.17) is 21.1 Å². The molecule has 0 spiro atoms. The van der Waals surface area contributed by atoms with Gasteiger partial charge in [-0.25, -0.2) is 19.9 Å². The van der Waals surface area contributed by atoms with Gasteiger partial charge >= 0.3 is 0 Å². The van der Waals surface area contributed by atoms with Crippen LogP contribution in [-0.2, 0) is 20.4 Å². The van der Waals surface area contributed by atoms with E-state index in [0.29, 0.717) is 35.3 Å². The van der Waals surface area contributed by atoms with Gasteiger partial charge in [0.25, 0.3) is 0 Å². The van der Waals surface area contributed by atoms with E-state index >= 15 is 0 Å². The molecule has 0 radical (unpaired) electrons. The quantitative estimate of drug-likeness (QED) is 0.109. The summed E-state index contributed by atoms with van der Waals surface area (Å²) in [5, 5.41) is 9.76. The third-order valence-electron chi connectivity index (χ3n) is 11.2. The van der Waals surface area contributed by atoms with Crippen LogP contribution in [-0.4, -0.2) is 72.1 Å². The van der Waals surface area contributed by atoms with Gasteiger partial charge in [0.1, 0.15) is 11.5 Å². The van der Waals surface area contributed by atoms with Crippen molar-refractivity contribution in [2.75, 3.05) is 55.9 Å². The van der Waals surface area contributed by atoms with Crippen LogP contribution in [0.2, 0.25) is 5.28 Å². The van der Waals surface area contributed by atoms with Gasteiger partial charge in [0.15, 0.2) is 0 Å². The number of rotatable bonds is 11. The highest BCUT2D eigenvalue weighted by Crippen LogP contribution is 2.40. The van der Waals surface area contributed by atoms with Gasteiger partial charge in [0.05, 0.1) is 25.6 Å². The summed E-state index contributed by atoms with van der Waals surface area (Å²) in [6.45, 7) is 3.50. The van der Waals surface area contributed by atoms with E-state index in [1.165, 1.54) is 11.1 Å². The molecule has 13 heteroatoms. The zero-order chi connectivity index (χ0) is 42.8. The summed E-state index contributed by atoms with van der Waals surface area (Å²) in [5.41, 5.74) is 3.55. The fraction of sp³-hybridized carbons (Fsp3) is 0.292. The smallest absolute Gasteiger partial charge is 0.225 e. The second kappa shape index (κ2) is 22.3. The number of aromatic nitrogens is 4. The Morgan fingerprint density at radius 2 is 1.00 bits per heavy atom. The first-order valence-electron chi connectivity index (χ1n) is 20.5. The van der Waals surface area contributed by atoms with Crippen molar-refractivity contribution in [3.8, 4) is 11.5 Å². The van der Waals surface area contributed by atoms with Gasteiger partial charge < -0.3 is 30.3 Å². The molecule has 2 saturated heterocycles. The van der Waals surface area contributed by atoms with E-state index in [2.05, 4.69) is 77.2 Å². The average molecular weight is 841 g/mol. The Balaban J connectivity index is 0.000000179. The molecular formula is C48H53ClN8O4. The first-order valence-corrected chi connectivity index (χ1v) is 20.8. The predicted molar refractivity (Wildman–Crippen MR) is 241 cm³/mol. The van der Waals surface area contributed by atoms with Crippen molar-refractivity contribution < 1.29 is 19.1 Å². The minimum absolute atomic E-state index is 0.00670. The summed E-state index contributed by atoms with van der Waals surface area (Å²) < 4.78 is 10.7. The number of methoxy groups -OCH3 is 2. The van der Waals surface area contributed by atoms with Crippen molar-refractivity contribution >= 4 is 40.7 Å². The van der Waals surface area contributed by atoms with Crippen LogP contribution in [0.25, 0.3) is 0 Å². The van der Waals surface area contributed by atoms with Crippen LogP contribution in [0, 0.1) is 0 Å². The maximum absolute atomic E-state index is 13.1.